The van der Waals surface area contributed by atoms with Crippen molar-refractivity contribution >= 4 is 5.69 Å². The summed E-state index contributed by atoms with van der Waals surface area (Å²) in [4.78, 5) is 4.79. The molecule has 0 radical (unpaired) electrons. The van der Waals surface area contributed by atoms with Gasteiger partial charge in [-0.05, 0) is 48.1 Å². The molecule has 0 unspecified atom stereocenters. The van der Waals surface area contributed by atoms with E-state index in [1.54, 1.807) is 6.20 Å². The molecule has 1 aromatic carbocycles. The molecule has 1 saturated heterocycles. The summed E-state index contributed by atoms with van der Waals surface area (Å²) in [7, 11) is 0. The van der Waals surface area contributed by atoms with E-state index in [0.717, 1.165) is 62.5 Å². The Morgan fingerprint density at radius 3 is 2.56 bits per heavy atom. The molecule has 1 aliphatic heterocycles. The molecule has 0 spiro atoms. The van der Waals surface area contributed by atoms with Gasteiger partial charge in [0.25, 0.3) is 0 Å². The normalized spacial score (nSPS) is 15.1. The van der Waals surface area contributed by atoms with Crippen LogP contribution in [0.1, 0.15) is 43.2 Å². The first-order chi connectivity index (χ1) is 13.1. The number of piperazine rings is 1. The molecule has 0 saturated carbocycles. The van der Waals surface area contributed by atoms with Crippen LogP contribution in [0.15, 0.2) is 30.5 Å². The predicted molar refractivity (Wildman–Crippen MR) is 109 cm³/mol. The maximum Gasteiger partial charge on any atom is 0.102 e. The molecule has 0 aliphatic carbocycles. The Labute approximate surface area is 162 Å². The third kappa shape index (κ3) is 4.84. The highest BCUT2D eigenvalue weighted by atomic mass is 15.3. The zero-order chi connectivity index (χ0) is 19.2. The lowest BCUT2D eigenvalue weighted by Crippen LogP contribution is -2.46. The first-order valence-electron chi connectivity index (χ1n) is 9.90. The van der Waals surface area contributed by atoms with Gasteiger partial charge in [-0.15, -0.1) is 0 Å². The molecule has 1 fully saturated rings. The van der Waals surface area contributed by atoms with Gasteiger partial charge in [0.1, 0.15) is 6.07 Å². The van der Waals surface area contributed by atoms with Crippen LogP contribution < -0.4 is 4.90 Å². The molecule has 1 aromatic heterocycles. The third-order valence-corrected chi connectivity index (χ3v) is 5.12. The molecule has 27 heavy (non-hydrogen) atoms. The molecule has 5 nitrogen and oxygen atoms in total. The Hall–Kier alpha value is -2.45. The molecule has 0 atom stereocenters. The van der Waals surface area contributed by atoms with Gasteiger partial charge < -0.3 is 4.90 Å². The van der Waals surface area contributed by atoms with Crippen molar-refractivity contribution in [1.29, 1.82) is 5.26 Å². The lowest BCUT2D eigenvalue weighted by Gasteiger charge is -2.36. The SMILES string of the molecule is CCc1cc(CC(C)C)cc(N2CCN(Cc3cccnn3)CC2)c1C#N. The summed E-state index contributed by atoms with van der Waals surface area (Å²) < 4.78 is 0. The van der Waals surface area contributed by atoms with E-state index in [2.05, 4.69) is 59.0 Å². The average Bonchev–Trinajstić information content (AvgIpc) is 2.68. The second kappa shape index (κ2) is 8.96. The molecule has 3 rings (SSSR count). The van der Waals surface area contributed by atoms with Crippen molar-refractivity contribution in [3.8, 4) is 6.07 Å². The summed E-state index contributed by atoms with van der Waals surface area (Å²) in [6.45, 7) is 11.3. The van der Waals surface area contributed by atoms with E-state index in [9.17, 15) is 5.26 Å². The van der Waals surface area contributed by atoms with E-state index in [4.69, 9.17) is 0 Å². The summed E-state index contributed by atoms with van der Waals surface area (Å²) in [5.74, 6) is 0.610. The Morgan fingerprint density at radius 2 is 1.96 bits per heavy atom. The fourth-order valence-corrected chi connectivity index (χ4v) is 3.79. The number of hydrogen-bond acceptors (Lipinski definition) is 5. The molecular formula is C22H29N5. The molecule has 0 amide bonds. The van der Waals surface area contributed by atoms with Gasteiger partial charge in [0, 0.05) is 38.9 Å². The fraction of sp³-hybridized carbons (Fsp3) is 0.500. The van der Waals surface area contributed by atoms with Crippen LogP contribution in [0.25, 0.3) is 0 Å². The Balaban J connectivity index is 1.75. The number of rotatable bonds is 6. The highest BCUT2D eigenvalue weighted by Crippen LogP contribution is 2.28. The van der Waals surface area contributed by atoms with Crippen LogP contribution in [-0.2, 0) is 19.4 Å². The number of aromatic nitrogens is 2. The van der Waals surface area contributed by atoms with Crippen LogP contribution in [0.3, 0.4) is 0 Å². The van der Waals surface area contributed by atoms with E-state index >= 15 is 0 Å². The molecule has 0 bridgehead atoms. The third-order valence-electron chi connectivity index (χ3n) is 5.12. The molecule has 2 aromatic rings. The Morgan fingerprint density at radius 1 is 1.19 bits per heavy atom. The summed E-state index contributed by atoms with van der Waals surface area (Å²) in [5, 5.41) is 17.9. The second-order valence-electron chi connectivity index (χ2n) is 7.69. The smallest absolute Gasteiger partial charge is 0.102 e. The fourth-order valence-electron chi connectivity index (χ4n) is 3.79. The van der Waals surface area contributed by atoms with Gasteiger partial charge in [-0.3, -0.25) is 4.90 Å². The maximum atomic E-state index is 9.78. The Kier molecular flexibility index (Phi) is 6.41. The summed E-state index contributed by atoms with van der Waals surface area (Å²) in [6, 6.07) is 10.9. The quantitative estimate of drug-likeness (QED) is 0.787. The van der Waals surface area contributed by atoms with Crippen molar-refractivity contribution < 1.29 is 0 Å². The van der Waals surface area contributed by atoms with Crippen LogP contribution >= 0.6 is 0 Å². The summed E-state index contributed by atoms with van der Waals surface area (Å²) >= 11 is 0. The maximum absolute atomic E-state index is 9.78. The zero-order valence-corrected chi connectivity index (χ0v) is 16.6. The molecule has 142 valence electrons. The number of nitrogens with zero attached hydrogens (tertiary/aromatic N) is 5. The van der Waals surface area contributed by atoms with E-state index in [-0.39, 0.29) is 0 Å². The number of nitriles is 1. The van der Waals surface area contributed by atoms with E-state index in [1.165, 1.54) is 11.1 Å². The van der Waals surface area contributed by atoms with Gasteiger partial charge in [-0.25, -0.2) is 0 Å². The van der Waals surface area contributed by atoms with Crippen molar-refractivity contribution in [2.75, 3.05) is 31.1 Å². The standard InChI is InChI=1S/C22H29N5/c1-4-19-13-18(12-17(2)3)14-22(21(19)15-23)27-10-8-26(9-11-27)16-20-6-5-7-24-25-20/h5-7,13-14,17H,4,8-12,16H2,1-3H3. The molecule has 1 aliphatic rings. The van der Waals surface area contributed by atoms with Crippen molar-refractivity contribution in [2.45, 2.75) is 40.2 Å². The average molecular weight is 364 g/mol. The van der Waals surface area contributed by atoms with Crippen molar-refractivity contribution in [3.63, 3.8) is 0 Å². The molecule has 2 heterocycles. The number of benzene rings is 1. The van der Waals surface area contributed by atoms with Gasteiger partial charge in [0.2, 0.25) is 0 Å². The van der Waals surface area contributed by atoms with Crippen molar-refractivity contribution in [1.82, 2.24) is 15.1 Å². The Bertz CT molecular complexity index is 786. The van der Waals surface area contributed by atoms with Gasteiger partial charge in [0.15, 0.2) is 0 Å². The van der Waals surface area contributed by atoms with E-state index in [0.29, 0.717) is 5.92 Å². The minimum absolute atomic E-state index is 0.610. The van der Waals surface area contributed by atoms with Crippen molar-refractivity contribution in [3.05, 3.63) is 52.8 Å². The lowest BCUT2D eigenvalue weighted by molar-refractivity contribution is 0.246. The van der Waals surface area contributed by atoms with E-state index < -0.39 is 0 Å². The number of anilines is 1. The second-order valence-corrected chi connectivity index (χ2v) is 7.69. The van der Waals surface area contributed by atoms with Gasteiger partial charge in [-0.1, -0.05) is 26.8 Å². The minimum atomic E-state index is 0.610. The van der Waals surface area contributed by atoms with Gasteiger partial charge in [-0.2, -0.15) is 15.5 Å². The van der Waals surface area contributed by atoms with Gasteiger partial charge in [0.05, 0.1) is 16.9 Å². The largest absolute Gasteiger partial charge is 0.368 e. The summed E-state index contributed by atoms with van der Waals surface area (Å²) in [6.07, 6.45) is 3.66. The minimum Gasteiger partial charge on any atom is -0.368 e. The van der Waals surface area contributed by atoms with Crippen LogP contribution in [0.4, 0.5) is 5.69 Å². The first kappa shape index (κ1) is 19.3. The predicted octanol–water partition coefficient (Wildman–Crippen LogP) is 3.43. The summed E-state index contributed by atoms with van der Waals surface area (Å²) in [5.41, 5.74) is 5.50. The number of hydrogen-bond donors (Lipinski definition) is 0. The van der Waals surface area contributed by atoms with Crippen LogP contribution in [-0.4, -0.2) is 41.3 Å². The zero-order valence-electron chi connectivity index (χ0n) is 16.6. The van der Waals surface area contributed by atoms with Gasteiger partial charge >= 0.3 is 0 Å². The van der Waals surface area contributed by atoms with Crippen molar-refractivity contribution in [2.24, 2.45) is 5.92 Å². The number of aryl methyl sites for hydroxylation is 1. The van der Waals surface area contributed by atoms with E-state index in [1.807, 2.05) is 12.1 Å². The monoisotopic (exact) mass is 363 g/mol. The van der Waals surface area contributed by atoms with Crippen LogP contribution in [0, 0.1) is 17.2 Å². The molecule has 0 N–H and O–H groups in total. The molecular weight excluding hydrogens is 334 g/mol. The topological polar surface area (TPSA) is 56.1 Å². The highest BCUT2D eigenvalue weighted by Gasteiger charge is 2.21. The van der Waals surface area contributed by atoms with Crippen LogP contribution in [0.5, 0.6) is 0 Å². The lowest BCUT2D eigenvalue weighted by atomic mass is 9.95. The first-order valence-corrected chi connectivity index (χ1v) is 9.90. The molecule has 5 heteroatoms. The highest BCUT2D eigenvalue weighted by molar-refractivity contribution is 5.64. The van der Waals surface area contributed by atoms with Crippen LogP contribution in [0.2, 0.25) is 0 Å².